The van der Waals surface area contributed by atoms with E-state index in [0.717, 1.165) is 6.07 Å². The number of carbonyl (C=O) groups excluding carboxylic acids is 1. The number of methoxy groups -OCH3 is 1. The van der Waals surface area contributed by atoms with Gasteiger partial charge in [-0.3, -0.25) is 0 Å². The number of hydrogen-bond donors (Lipinski definition) is 1. The number of aliphatic hydroxyl groups is 1. The van der Waals surface area contributed by atoms with Crippen LogP contribution in [0.5, 0.6) is 5.75 Å². The second kappa shape index (κ2) is 5.84. The molecule has 1 aromatic rings. The number of rotatable bonds is 4. The maximum atomic E-state index is 13.4. The molecule has 0 heterocycles. The lowest BCUT2D eigenvalue weighted by Gasteiger charge is -2.12. The van der Waals surface area contributed by atoms with Crippen LogP contribution in [0.4, 0.5) is 4.39 Å². The molecule has 1 unspecified atom stereocenters. The minimum Gasteiger partial charge on any atom is -0.495 e. The number of benzene rings is 1. The molecule has 0 aliphatic heterocycles. The van der Waals surface area contributed by atoms with Crippen molar-refractivity contribution >= 4 is 17.6 Å². The molecule has 0 aliphatic carbocycles. The number of aliphatic hydroxyl groups excluding tert-OH is 1. The second-order valence-electron chi connectivity index (χ2n) is 3.17. The van der Waals surface area contributed by atoms with Crippen molar-refractivity contribution in [2.45, 2.75) is 13.0 Å². The lowest BCUT2D eigenvalue weighted by Crippen LogP contribution is -2.15. The quantitative estimate of drug-likeness (QED) is 0.844. The summed E-state index contributed by atoms with van der Waals surface area (Å²) in [7, 11) is 1.31. The van der Waals surface area contributed by atoms with Gasteiger partial charge in [-0.1, -0.05) is 11.6 Å². The molecule has 0 aromatic heterocycles. The fourth-order valence-corrected chi connectivity index (χ4v) is 1.43. The van der Waals surface area contributed by atoms with E-state index in [4.69, 9.17) is 16.3 Å². The first kappa shape index (κ1) is 13.7. The predicted molar refractivity (Wildman–Crippen MR) is 59.6 cm³/mol. The molecule has 1 rings (SSSR count). The molecule has 0 saturated carbocycles. The fraction of sp³-hybridized carbons (Fsp3) is 0.364. The molecule has 0 saturated heterocycles. The van der Waals surface area contributed by atoms with Gasteiger partial charge in [0.1, 0.15) is 16.6 Å². The molecule has 0 fully saturated rings. The first-order valence-corrected chi connectivity index (χ1v) is 5.26. The topological polar surface area (TPSA) is 55.8 Å². The van der Waals surface area contributed by atoms with Gasteiger partial charge in [-0.2, -0.15) is 0 Å². The summed E-state index contributed by atoms with van der Waals surface area (Å²) in [4.78, 5) is 11.3. The van der Waals surface area contributed by atoms with Crippen molar-refractivity contribution in [3.05, 3.63) is 28.5 Å². The van der Waals surface area contributed by atoms with Crippen molar-refractivity contribution in [2.75, 3.05) is 13.7 Å². The van der Waals surface area contributed by atoms with E-state index >= 15 is 0 Å². The van der Waals surface area contributed by atoms with Gasteiger partial charge in [0, 0.05) is 0 Å². The Kier molecular flexibility index (Phi) is 4.72. The molecular formula is C11H12ClFO4. The molecule has 0 aliphatic rings. The maximum Gasteiger partial charge on any atom is 0.339 e. The third-order valence-electron chi connectivity index (χ3n) is 2.06. The van der Waals surface area contributed by atoms with E-state index in [-0.39, 0.29) is 22.9 Å². The Morgan fingerprint density at radius 2 is 2.24 bits per heavy atom. The molecule has 0 spiro atoms. The van der Waals surface area contributed by atoms with Crippen LogP contribution in [0.2, 0.25) is 5.02 Å². The average molecular weight is 263 g/mol. The highest BCUT2D eigenvalue weighted by Gasteiger charge is 2.21. The number of esters is 1. The highest BCUT2D eigenvalue weighted by molar-refractivity contribution is 6.32. The zero-order valence-electron chi connectivity index (χ0n) is 9.37. The SMILES string of the molecule is CCOC(=O)C(O)c1cc(F)c(Cl)c(OC)c1. The van der Waals surface area contributed by atoms with Gasteiger partial charge in [-0.15, -0.1) is 0 Å². The molecule has 1 aromatic carbocycles. The lowest BCUT2D eigenvalue weighted by atomic mass is 10.1. The standard InChI is InChI=1S/C11H12ClFO4/c1-3-17-11(15)10(14)6-4-7(13)9(12)8(5-6)16-2/h4-5,10,14H,3H2,1-2H3. The first-order valence-electron chi connectivity index (χ1n) is 4.88. The Labute approximate surface area is 103 Å². The van der Waals surface area contributed by atoms with Crippen LogP contribution in [0, 0.1) is 5.82 Å². The van der Waals surface area contributed by atoms with Gasteiger partial charge in [0.05, 0.1) is 13.7 Å². The van der Waals surface area contributed by atoms with Gasteiger partial charge < -0.3 is 14.6 Å². The minimum atomic E-state index is -1.56. The normalized spacial score (nSPS) is 12.1. The summed E-state index contributed by atoms with van der Waals surface area (Å²) < 4.78 is 22.8. The fourth-order valence-electron chi connectivity index (χ4n) is 1.25. The van der Waals surface area contributed by atoms with Crippen molar-refractivity contribution in [3.8, 4) is 5.75 Å². The minimum absolute atomic E-state index is 0.0298. The van der Waals surface area contributed by atoms with Crippen LogP contribution < -0.4 is 4.74 Å². The Balaban J connectivity index is 3.06. The molecule has 0 bridgehead atoms. The molecular weight excluding hydrogens is 251 g/mol. The summed E-state index contributed by atoms with van der Waals surface area (Å²) in [6, 6.07) is 2.25. The summed E-state index contributed by atoms with van der Waals surface area (Å²) in [5.41, 5.74) is 0.0298. The van der Waals surface area contributed by atoms with Crippen LogP contribution in [0.1, 0.15) is 18.6 Å². The van der Waals surface area contributed by atoms with Crippen molar-refractivity contribution < 1.29 is 23.8 Å². The van der Waals surface area contributed by atoms with Gasteiger partial charge in [-0.25, -0.2) is 9.18 Å². The van der Waals surface area contributed by atoms with Crippen LogP contribution >= 0.6 is 11.6 Å². The number of halogens is 2. The number of hydrogen-bond acceptors (Lipinski definition) is 4. The zero-order chi connectivity index (χ0) is 13.0. The van der Waals surface area contributed by atoms with E-state index in [1.807, 2.05) is 0 Å². The Bertz CT molecular complexity index is 422. The van der Waals surface area contributed by atoms with Gasteiger partial charge in [0.15, 0.2) is 6.10 Å². The molecule has 1 atom stereocenters. The molecule has 0 radical (unpaired) electrons. The van der Waals surface area contributed by atoms with Gasteiger partial charge in [0.25, 0.3) is 0 Å². The van der Waals surface area contributed by atoms with Gasteiger partial charge in [0.2, 0.25) is 0 Å². The van der Waals surface area contributed by atoms with E-state index in [9.17, 15) is 14.3 Å². The van der Waals surface area contributed by atoms with Crippen LogP contribution in [-0.2, 0) is 9.53 Å². The third-order valence-corrected chi connectivity index (χ3v) is 2.43. The zero-order valence-corrected chi connectivity index (χ0v) is 10.1. The lowest BCUT2D eigenvalue weighted by molar-refractivity contribution is -0.153. The molecule has 1 N–H and O–H groups in total. The highest BCUT2D eigenvalue weighted by Crippen LogP contribution is 2.31. The van der Waals surface area contributed by atoms with E-state index in [2.05, 4.69) is 4.74 Å². The van der Waals surface area contributed by atoms with Gasteiger partial charge >= 0.3 is 5.97 Å². The van der Waals surface area contributed by atoms with E-state index < -0.39 is 17.9 Å². The monoisotopic (exact) mass is 262 g/mol. The second-order valence-corrected chi connectivity index (χ2v) is 3.55. The van der Waals surface area contributed by atoms with Crippen LogP contribution in [0.3, 0.4) is 0 Å². The molecule has 0 amide bonds. The highest BCUT2D eigenvalue weighted by atomic mass is 35.5. The maximum absolute atomic E-state index is 13.4. The van der Waals surface area contributed by atoms with E-state index in [1.54, 1.807) is 6.92 Å². The van der Waals surface area contributed by atoms with Crippen molar-refractivity contribution in [2.24, 2.45) is 0 Å². The van der Waals surface area contributed by atoms with E-state index in [1.165, 1.54) is 13.2 Å². The smallest absolute Gasteiger partial charge is 0.339 e. The Morgan fingerprint density at radius 3 is 2.76 bits per heavy atom. The summed E-state index contributed by atoms with van der Waals surface area (Å²) in [5.74, 6) is -1.58. The number of carbonyl (C=O) groups is 1. The molecule has 4 nitrogen and oxygen atoms in total. The summed E-state index contributed by atoms with van der Waals surface area (Å²) >= 11 is 5.61. The van der Waals surface area contributed by atoms with Crippen molar-refractivity contribution in [3.63, 3.8) is 0 Å². The first-order chi connectivity index (χ1) is 8.01. The van der Waals surface area contributed by atoms with Crippen molar-refractivity contribution in [1.82, 2.24) is 0 Å². The Morgan fingerprint density at radius 1 is 1.59 bits per heavy atom. The summed E-state index contributed by atoms with van der Waals surface area (Å²) in [6.45, 7) is 1.73. The largest absolute Gasteiger partial charge is 0.495 e. The summed E-state index contributed by atoms with van der Waals surface area (Å²) in [6.07, 6.45) is -1.56. The van der Waals surface area contributed by atoms with Crippen LogP contribution in [0.25, 0.3) is 0 Å². The predicted octanol–water partition coefficient (Wildman–Crippen LogP) is 2.08. The van der Waals surface area contributed by atoms with E-state index in [0.29, 0.717) is 0 Å². The third kappa shape index (κ3) is 3.08. The average Bonchev–Trinajstić information content (AvgIpc) is 2.31. The number of ether oxygens (including phenoxy) is 2. The van der Waals surface area contributed by atoms with Crippen LogP contribution in [0.15, 0.2) is 12.1 Å². The molecule has 6 heteroatoms. The summed E-state index contributed by atoms with van der Waals surface area (Å²) in [5, 5.41) is 9.41. The Hall–Kier alpha value is -1.33. The van der Waals surface area contributed by atoms with Crippen molar-refractivity contribution in [1.29, 1.82) is 0 Å². The van der Waals surface area contributed by atoms with Crippen LogP contribution in [-0.4, -0.2) is 24.8 Å². The van der Waals surface area contributed by atoms with Gasteiger partial charge in [-0.05, 0) is 24.6 Å². The molecule has 94 valence electrons. The molecule has 17 heavy (non-hydrogen) atoms.